The van der Waals surface area contributed by atoms with Gasteiger partial charge in [0.25, 0.3) is 5.56 Å². The monoisotopic (exact) mass is 470 g/mol. The highest BCUT2D eigenvalue weighted by Gasteiger charge is 2.22. The van der Waals surface area contributed by atoms with Gasteiger partial charge in [-0.15, -0.1) is 0 Å². The Hall–Kier alpha value is -3.41. The van der Waals surface area contributed by atoms with Crippen molar-refractivity contribution < 1.29 is 4.79 Å². The van der Waals surface area contributed by atoms with Crippen LogP contribution in [0.15, 0.2) is 47.4 Å². The van der Waals surface area contributed by atoms with E-state index in [4.69, 9.17) is 0 Å². The summed E-state index contributed by atoms with van der Waals surface area (Å²) in [6.45, 7) is 9.14. The first-order valence-corrected chi connectivity index (χ1v) is 12.6. The minimum absolute atomic E-state index is 0.0645. The largest absolute Gasteiger partial charge is 0.352 e. The van der Waals surface area contributed by atoms with Crippen molar-refractivity contribution in [2.24, 2.45) is 5.92 Å². The van der Waals surface area contributed by atoms with Gasteiger partial charge in [0.15, 0.2) is 0 Å². The molecule has 1 amide bonds. The van der Waals surface area contributed by atoms with Crippen molar-refractivity contribution in [3.63, 3.8) is 0 Å². The smallest absolute Gasteiger partial charge is 0.291 e. The Morgan fingerprint density at radius 2 is 1.71 bits per heavy atom. The van der Waals surface area contributed by atoms with E-state index in [0.29, 0.717) is 12.1 Å². The number of hydrogen-bond donors (Lipinski definition) is 1. The van der Waals surface area contributed by atoms with Crippen molar-refractivity contribution in [1.82, 2.24) is 19.7 Å². The number of carbonyl (C=O) groups excluding carboxylic acids is 1. The van der Waals surface area contributed by atoms with Gasteiger partial charge in [-0.1, -0.05) is 42.8 Å². The maximum absolute atomic E-state index is 13.7. The highest BCUT2D eigenvalue weighted by Crippen LogP contribution is 2.29. The molecule has 0 atom stereocenters. The maximum Gasteiger partial charge on any atom is 0.291 e. The van der Waals surface area contributed by atoms with E-state index in [0.717, 1.165) is 47.9 Å². The van der Waals surface area contributed by atoms with Crippen LogP contribution in [0.3, 0.4) is 0 Å². The van der Waals surface area contributed by atoms with Crippen LogP contribution >= 0.6 is 0 Å². The van der Waals surface area contributed by atoms with Crippen LogP contribution in [0, 0.1) is 26.7 Å². The zero-order valence-corrected chi connectivity index (χ0v) is 21.1. The minimum Gasteiger partial charge on any atom is -0.352 e. The normalized spacial score (nSPS) is 18.3. The quantitative estimate of drug-likeness (QED) is 0.445. The number of carbonyl (C=O) groups is 1. The zero-order chi connectivity index (χ0) is 24.7. The van der Waals surface area contributed by atoms with Gasteiger partial charge in [-0.05, 0) is 75.1 Å². The van der Waals surface area contributed by atoms with Gasteiger partial charge in [-0.2, -0.15) is 5.10 Å². The van der Waals surface area contributed by atoms with Crippen molar-refractivity contribution in [3.05, 3.63) is 75.2 Å². The summed E-state index contributed by atoms with van der Waals surface area (Å²) in [6.07, 6.45) is 6.00. The van der Waals surface area contributed by atoms with Crippen molar-refractivity contribution >= 4 is 27.7 Å². The average Bonchev–Trinajstić information content (AvgIpc) is 3.14. The number of benzene rings is 2. The molecule has 6 heteroatoms. The van der Waals surface area contributed by atoms with Crippen LogP contribution in [0.2, 0.25) is 0 Å². The second-order valence-electron chi connectivity index (χ2n) is 10.4. The molecule has 1 aliphatic carbocycles. The fraction of sp³-hybridized carbons (Fsp3) is 0.414. The number of aryl methyl sites for hydroxylation is 3. The molecule has 1 N–H and O–H groups in total. The van der Waals surface area contributed by atoms with E-state index in [2.05, 4.69) is 60.9 Å². The molecular formula is C29H34N4O2. The van der Waals surface area contributed by atoms with Crippen LogP contribution in [0.4, 0.5) is 0 Å². The van der Waals surface area contributed by atoms with Crippen molar-refractivity contribution in [2.45, 2.75) is 72.5 Å². The molecule has 0 radical (unpaired) electrons. The van der Waals surface area contributed by atoms with Crippen LogP contribution in [0.5, 0.6) is 0 Å². The Morgan fingerprint density at radius 1 is 1.03 bits per heavy atom. The summed E-state index contributed by atoms with van der Waals surface area (Å²) in [4.78, 5) is 26.5. The number of nitrogens with zero attached hydrogens (tertiary/aromatic N) is 3. The SMILES string of the molecule is Cc1cc(C)c(Cn2c3ccccc3c3cnn(CC(=O)NC4CCC(C)CC4)c(=O)c32)c(C)c1. The van der Waals surface area contributed by atoms with Gasteiger partial charge in [0.05, 0.1) is 6.20 Å². The number of aromatic nitrogens is 3. The van der Waals surface area contributed by atoms with E-state index >= 15 is 0 Å². The summed E-state index contributed by atoms with van der Waals surface area (Å²) in [5.41, 5.74) is 6.24. The molecule has 0 unspecified atom stereocenters. The molecule has 4 aromatic rings. The van der Waals surface area contributed by atoms with Gasteiger partial charge in [0.1, 0.15) is 12.1 Å². The van der Waals surface area contributed by atoms with Crippen LogP contribution < -0.4 is 10.9 Å². The topological polar surface area (TPSA) is 68.9 Å². The maximum atomic E-state index is 13.7. The van der Waals surface area contributed by atoms with Crippen LogP contribution in [0.1, 0.15) is 54.9 Å². The number of nitrogens with one attached hydrogen (secondary N) is 1. The summed E-state index contributed by atoms with van der Waals surface area (Å²) in [7, 11) is 0. The summed E-state index contributed by atoms with van der Waals surface area (Å²) in [5, 5.41) is 9.34. The molecule has 2 heterocycles. The van der Waals surface area contributed by atoms with E-state index in [-0.39, 0.29) is 24.1 Å². The highest BCUT2D eigenvalue weighted by atomic mass is 16.2. The standard InChI is InChI=1S/C29H34N4O2/c1-18-9-11-22(12-10-18)31-27(34)17-33-29(35)28-24(15-30-33)23-7-5-6-8-26(23)32(28)16-25-20(3)13-19(2)14-21(25)4/h5-8,13-15,18,22H,9-12,16-17H2,1-4H3,(H,31,34). The number of fused-ring (bicyclic) bond motifs is 3. The fourth-order valence-corrected chi connectivity index (χ4v) is 5.70. The van der Waals surface area contributed by atoms with Gasteiger partial charge in [-0.25, -0.2) is 4.68 Å². The third-order valence-electron chi connectivity index (χ3n) is 7.60. The highest BCUT2D eigenvalue weighted by molar-refractivity contribution is 6.07. The Bertz CT molecular complexity index is 1450. The van der Waals surface area contributed by atoms with Crippen molar-refractivity contribution in [2.75, 3.05) is 0 Å². The Morgan fingerprint density at radius 3 is 2.43 bits per heavy atom. The molecule has 182 valence electrons. The number of rotatable bonds is 5. The third-order valence-corrected chi connectivity index (χ3v) is 7.60. The Labute approximate surface area is 206 Å². The van der Waals surface area contributed by atoms with E-state index in [9.17, 15) is 9.59 Å². The van der Waals surface area contributed by atoms with Gasteiger partial charge in [0.2, 0.25) is 5.91 Å². The molecule has 0 aliphatic heterocycles. The molecule has 5 rings (SSSR count). The van der Waals surface area contributed by atoms with Crippen molar-refractivity contribution in [3.8, 4) is 0 Å². The lowest BCUT2D eigenvalue weighted by molar-refractivity contribution is -0.122. The molecule has 0 saturated heterocycles. The molecule has 35 heavy (non-hydrogen) atoms. The number of hydrogen-bond acceptors (Lipinski definition) is 3. The van der Waals surface area contributed by atoms with E-state index in [1.54, 1.807) is 6.20 Å². The first-order chi connectivity index (χ1) is 16.8. The molecule has 1 aliphatic rings. The van der Waals surface area contributed by atoms with Crippen molar-refractivity contribution in [1.29, 1.82) is 0 Å². The van der Waals surface area contributed by atoms with E-state index < -0.39 is 0 Å². The zero-order valence-electron chi connectivity index (χ0n) is 21.1. The van der Waals surface area contributed by atoms with Crippen LogP contribution in [-0.4, -0.2) is 26.3 Å². The summed E-state index contributed by atoms with van der Waals surface area (Å²) < 4.78 is 3.41. The molecule has 2 aromatic carbocycles. The lowest BCUT2D eigenvalue weighted by Gasteiger charge is -2.26. The first kappa shape index (κ1) is 23.3. The Kier molecular flexibility index (Phi) is 6.22. The lowest BCUT2D eigenvalue weighted by Crippen LogP contribution is -2.41. The number of para-hydroxylation sites is 1. The molecule has 0 bridgehead atoms. The minimum atomic E-state index is -0.228. The number of amides is 1. The van der Waals surface area contributed by atoms with Gasteiger partial charge in [0, 0.05) is 28.9 Å². The lowest BCUT2D eigenvalue weighted by atomic mass is 9.87. The van der Waals surface area contributed by atoms with Crippen LogP contribution in [0.25, 0.3) is 21.8 Å². The average molecular weight is 471 g/mol. The van der Waals surface area contributed by atoms with Gasteiger partial charge < -0.3 is 9.88 Å². The van der Waals surface area contributed by atoms with E-state index in [1.165, 1.54) is 26.9 Å². The second kappa shape index (κ2) is 9.33. The molecule has 2 aromatic heterocycles. The molecule has 1 fully saturated rings. The van der Waals surface area contributed by atoms with Gasteiger partial charge in [-0.3, -0.25) is 9.59 Å². The second-order valence-corrected chi connectivity index (χ2v) is 10.4. The molecular weight excluding hydrogens is 436 g/mol. The Balaban J connectivity index is 1.54. The molecule has 1 saturated carbocycles. The van der Waals surface area contributed by atoms with Gasteiger partial charge >= 0.3 is 0 Å². The third kappa shape index (κ3) is 4.49. The fourth-order valence-electron chi connectivity index (χ4n) is 5.70. The summed E-state index contributed by atoms with van der Waals surface area (Å²) in [5.74, 6) is 0.573. The summed E-state index contributed by atoms with van der Waals surface area (Å²) >= 11 is 0. The predicted octanol–water partition coefficient (Wildman–Crippen LogP) is 5.02. The first-order valence-electron chi connectivity index (χ1n) is 12.6. The summed E-state index contributed by atoms with van der Waals surface area (Å²) in [6, 6.07) is 12.6. The van der Waals surface area contributed by atoms with E-state index in [1.807, 2.05) is 18.2 Å². The molecule has 6 nitrogen and oxygen atoms in total. The van der Waals surface area contributed by atoms with Crippen LogP contribution in [-0.2, 0) is 17.9 Å². The molecule has 0 spiro atoms. The predicted molar refractivity (Wildman–Crippen MR) is 141 cm³/mol.